The number of amides is 2. The van der Waals surface area contributed by atoms with Gasteiger partial charge in [-0.2, -0.15) is 0 Å². The van der Waals surface area contributed by atoms with E-state index < -0.39 is 23.5 Å². The van der Waals surface area contributed by atoms with Crippen molar-refractivity contribution < 1.29 is 27.9 Å². The zero-order chi connectivity index (χ0) is 18.2. The highest BCUT2D eigenvalue weighted by Crippen LogP contribution is 2.17. The average molecular weight is 354 g/mol. The Morgan fingerprint density at radius 3 is 2.56 bits per heavy atom. The highest BCUT2D eigenvalue weighted by molar-refractivity contribution is 5.94. The Hall–Kier alpha value is -2.51. The van der Waals surface area contributed by atoms with E-state index in [-0.39, 0.29) is 37.1 Å². The molecule has 0 heterocycles. The summed E-state index contributed by atoms with van der Waals surface area (Å²) in [6, 6.07) is 2.74. The Morgan fingerprint density at radius 2 is 1.88 bits per heavy atom. The lowest BCUT2D eigenvalue weighted by Crippen LogP contribution is -2.36. The molecule has 1 aromatic rings. The zero-order valence-electron chi connectivity index (χ0n) is 13.6. The Bertz CT molecular complexity index is 646. The number of benzene rings is 1. The maximum atomic E-state index is 13.4. The Labute approximate surface area is 143 Å². The van der Waals surface area contributed by atoms with Crippen LogP contribution in [-0.4, -0.2) is 37.0 Å². The van der Waals surface area contributed by atoms with Crippen LogP contribution in [0.15, 0.2) is 18.2 Å². The largest absolute Gasteiger partial charge is 0.456 e. The number of nitrogens with one attached hydrogen (secondary N) is 2. The van der Waals surface area contributed by atoms with Crippen molar-refractivity contribution in [2.45, 2.75) is 38.1 Å². The van der Waals surface area contributed by atoms with Gasteiger partial charge in [-0.1, -0.05) is 12.8 Å². The SMILES string of the molecule is O=C(COC(=O)CCNC(=O)c1ccc(F)cc1F)NC1CCCC1. The van der Waals surface area contributed by atoms with Gasteiger partial charge in [0.2, 0.25) is 0 Å². The van der Waals surface area contributed by atoms with Gasteiger partial charge >= 0.3 is 5.97 Å². The van der Waals surface area contributed by atoms with Gasteiger partial charge in [-0.05, 0) is 25.0 Å². The fourth-order valence-corrected chi connectivity index (χ4v) is 2.60. The first kappa shape index (κ1) is 18.8. The average Bonchev–Trinajstić information content (AvgIpc) is 3.05. The third-order valence-electron chi connectivity index (χ3n) is 3.87. The molecule has 0 radical (unpaired) electrons. The van der Waals surface area contributed by atoms with Crippen LogP contribution in [0.3, 0.4) is 0 Å². The smallest absolute Gasteiger partial charge is 0.308 e. The van der Waals surface area contributed by atoms with Gasteiger partial charge in [0.25, 0.3) is 11.8 Å². The minimum atomic E-state index is -0.983. The van der Waals surface area contributed by atoms with Crippen molar-refractivity contribution in [3.05, 3.63) is 35.4 Å². The van der Waals surface area contributed by atoms with E-state index in [0.29, 0.717) is 6.07 Å². The van der Waals surface area contributed by atoms with E-state index in [4.69, 9.17) is 4.74 Å². The van der Waals surface area contributed by atoms with Gasteiger partial charge in [-0.3, -0.25) is 14.4 Å². The van der Waals surface area contributed by atoms with Crippen molar-refractivity contribution >= 4 is 17.8 Å². The third-order valence-corrected chi connectivity index (χ3v) is 3.87. The van der Waals surface area contributed by atoms with E-state index in [9.17, 15) is 23.2 Å². The lowest BCUT2D eigenvalue weighted by molar-refractivity contribution is -0.148. The van der Waals surface area contributed by atoms with Crippen molar-refractivity contribution in [3.63, 3.8) is 0 Å². The van der Waals surface area contributed by atoms with Crippen LogP contribution in [0, 0.1) is 11.6 Å². The summed E-state index contributed by atoms with van der Waals surface area (Å²) in [5, 5.41) is 5.12. The maximum Gasteiger partial charge on any atom is 0.308 e. The normalized spacial score (nSPS) is 14.2. The van der Waals surface area contributed by atoms with E-state index in [1.807, 2.05) is 0 Å². The second-order valence-corrected chi connectivity index (χ2v) is 5.84. The molecule has 1 saturated carbocycles. The lowest BCUT2D eigenvalue weighted by atomic mass is 10.2. The first-order valence-corrected chi connectivity index (χ1v) is 8.14. The summed E-state index contributed by atoms with van der Waals surface area (Å²) < 4.78 is 31.0. The number of ether oxygens (including phenoxy) is 1. The van der Waals surface area contributed by atoms with Gasteiger partial charge in [0.15, 0.2) is 6.61 Å². The molecule has 0 saturated heterocycles. The molecule has 1 aliphatic carbocycles. The maximum absolute atomic E-state index is 13.4. The van der Waals surface area contributed by atoms with E-state index in [1.54, 1.807) is 0 Å². The second-order valence-electron chi connectivity index (χ2n) is 5.84. The molecule has 1 aliphatic rings. The number of hydrogen-bond donors (Lipinski definition) is 2. The quantitative estimate of drug-likeness (QED) is 0.730. The molecule has 1 fully saturated rings. The molecule has 0 aromatic heterocycles. The Kier molecular flexibility index (Phi) is 6.85. The summed E-state index contributed by atoms with van der Waals surface area (Å²) in [7, 11) is 0. The molecule has 6 nitrogen and oxygen atoms in total. The molecular formula is C17H20F2N2O4. The van der Waals surface area contributed by atoms with Crippen molar-refractivity contribution in [1.82, 2.24) is 10.6 Å². The first-order valence-electron chi connectivity index (χ1n) is 8.14. The second kappa shape index (κ2) is 9.10. The predicted octanol–water partition coefficient (Wildman–Crippen LogP) is 1.69. The van der Waals surface area contributed by atoms with Crippen molar-refractivity contribution in [3.8, 4) is 0 Å². The van der Waals surface area contributed by atoms with Crippen LogP contribution in [0.2, 0.25) is 0 Å². The number of carbonyl (C=O) groups excluding carboxylic acids is 3. The Balaban J connectivity index is 1.64. The summed E-state index contributed by atoms with van der Waals surface area (Å²) in [5.41, 5.74) is -0.314. The van der Waals surface area contributed by atoms with E-state index in [2.05, 4.69) is 10.6 Å². The minimum absolute atomic E-state index is 0.0846. The molecule has 2 amide bonds. The monoisotopic (exact) mass is 354 g/mol. The fraction of sp³-hybridized carbons (Fsp3) is 0.471. The predicted molar refractivity (Wildman–Crippen MR) is 84.7 cm³/mol. The molecule has 2 N–H and O–H groups in total. The zero-order valence-corrected chi connectivity index (χ0v) is 13.6. The number of carbonyl (C=O) groups is 3. The van der Waals surface area contributed by atoms with Crippen LogP contribution >= 0.6 is 0 Å². The summed E-state index contributed by atoms with van der Waals surface area (Å²) >= 11 is 0. The van der Waals surface area contributed by atoms with Crippen molar-refractivity contribution in [2.24, 2.45) is 0 Å². The highest BCUT2D eigenvalue weighted by Gasteiger charge is 2.18. The molecule has 0 spiro atoms. The van der Waals surface area contributed by atoms with E-state index in [1.165, 1.54) is 0 Å². The first-order chi connectivity index (χ1) is 12.0. The van der Waals surface area contributed by atoms with Crippen LogP contribution in [0.1, 0.15) is 42.5 Å². The molecular weight excluding hydrogens is 334 g/mol. The molecule has 0 atom stereocenters. The van der Waals surface area contributed by atoms with Gasteiger partial charge < -0.3 is 15.4 Å². The van der Waals surface area contributed by atoms with Crippen LogP contribution in [0.25, 0.3) is 0 Å². The molecule has 8 heteroatoms. The fourth-order valence-electron chi connectivity index (χ4n) is 2.60. The molecule has 0 unspecified atom stereocenters. The van der Waals surface area contributed by atoms with E-state index >= 15 is 0 Å². The topological polar surface area (TPSA) is 84.5 Å². The van der Waals surface area contributed by atoms with Crippen molar-refractivity contribution in [1.29, 1.82) is 0 Å². The van der Waals surface area contributed by atoms with Crippen LogP contribution < -0.4 is 10.6 Å². The number of halogens is 2. The van der Waals surface area contributed by atoms with Crippen molar-refractivity contribution in [2.75, 3.05) is 13.2 Å². The molecule has 2 rings (SSSR count). The number of rotatable bonds is 7. The van der Waals surface area contributed by atoms with Gasteiger partial charge in [0, 0.05) is 18.7 Å². The van der Waals surface area contributed by atoms with Crippen LogP contribution in [0.5, 0.6) is 0 Å². The summed E-state index contributed by atoms with van der Waals surface area (Å²) in [4.78, 5) is 34.9. The summed E-state index contributed by atoms with van der Waals surface area (Å²) in [5.74, 6) is -3.53. The number of hydrogen-bond acceptors (Lipinski definition) is 4. The molecule has 0 aliphatic heterocycles. The molecule has 1 aromatic carbocycles. The third kappa shape index (κ3) is 6.13. The van der Waals surface area contributed by atoms with Gasteiger partial charge in [-0.25, -0.2) is 8.78 Å². The molecule has 25 heavy (non-hydrogen) atoms. The highest BCUT2D eigenvalue weighted by atomic mass is 19.1. The van der Waals surface area contributed by atoms with Gasteiger partial charge in [0.1, 0.15) is 11.6 Å². The molecule has 0 bridgehead atoms. The summed E-state index contributed by atoms with van der Waals surface area (Å²) in [6.45, 7) is -0.450. The van der Waals surface area contributed by atoms with Crippen LogP contribution in [0.4, 0.5) is 8.78 Å². The van der Waals surface area contributed by atoms with Gasteiger partial charge in [0.05, 0.1) is 12.0 Å². The summed E-state index contributed by atoms with van der Waals surface area (Å²) in [6.07, 6.45) is 3.88. The van der Waals surface area contributed by atoms with Gasteiger partial charge in [-0.15, -0.1) is 0 Å². The number of esters is 1. The Morgan fingerprint density at radius 1 is 1.16 bits per heavy atom. The minimum Gasteiger partial charge on any atom is -0.456 e. The standard InChI is InChI=1S/C17H20F2N2O4/c18-11-5-6-13(14(19)9-11)17(24)20-8-7-16(23)25-10-15(22)21-12-3-1-2-4-12/h5-6,9,12H,1-4,7-8,10H2,(H,20,24)(H,21,22). The van der Waals surface area contributed by atoms with Crippen LogP contribution in [-0.2, 0) is 14.3 Å². The van der Waals surface area contributed by atoms with E-state index in [0.717, 1.165) is 37.8 Å². The lowest BCUT2D eigenvalue weighted by Gasteiger charge is -2.12. The molecule has 136 valence electrons.